The summed E-state index contributed by atoms with van der Waals surface area (Å²) in [5.74, 6) is 0.638. The van der Waals surface area contributed by atoms with Crippen LogP contribution in [0.5, 0.6) is 0 Å². The highest BCUT2D eigenvalue weighted by Crippen LogP contribution is 2.28. The molecule has 3 aromatic carbocycles. The first kappa shape index (κ1) is 22.4. The lowest BCUT2D eigenvalue weighted by Crippen LogP contribution is -2.20. The van der Waals surface area contributed by atoms with E-state index in [-0.39, 0.29) is 11.7 Å². The summed E-state index contributed by atoms with van der Waals surface area (Å²) in [6.45, 7) is 0. The summed E-state index contributed by atoms with van der Waals surface area (Å²) in [4.78, 5) is 12.3. The molecule has 1 aromatic heterocycles. The van der Waals surface area contributed by atoms with Gasteiger partial charge in [0.1, 0.15) is 0 Å². The molecule has 4 rings (SSSR count). The van der Waals surface area contributed by atoms with E-state index < -0.39 is 0 Å². The number of rotatable bonds is 7. The van der Waals surface area contributed by atoms with Crippen LogP contribution in [0.3, 0.4) is 0 Å². The van der Waals surface area contributed by atoms with Gasteiger partial charge < -0.3 is 0 Å². The third-order valence-electron chi connectivity index (χ3n) is 4.36. The largest absolute Gasteiger partial charge is 0.272 e. The average Bonchev–Trinajstić information content (AvgIpc) is 3.24. The summed E-state index contributed by atoms with van der Waals surface area (Å²) in [5.41, 5.74) is 5.30. The van der Waals surface area contributed by atoms with Crippen molar-refractivity contribution in [1.82, 2.24) is 20.2 Å². The van der Waals surface area contributed by atoms with Gasteiger partial charge in [-0.2, -0.15) is 5.10 Å². The Labute approximate surface area is 206 Å². The van der Waals surface area contributed by atoms with E-state index in [2.05, 4.69) is 52.6 Å². The maximum atomic E-state index is 12.3. The van der Waals surface area contributed by atoms with Crippen molar-refractivity contribution < 1.29 is 4.79 Å². The van der Waals surface area contributed by atoms with Crippen LogP contribution in [0.25, 0.3) is 17.1 Å². The Balaban J connectivity index is 1.49. The SMILES string of the molecule is O=C(CSc1nnc(-c2ccc(Br)cc2)n1-c1ccccc1)N/N=C/c1ccc(Br)cc1. The Morgan fingerprint density at radius 3 is 2.28 bits per heavy atom. The number of para-hydroxylation sites is 1. The topological polar surface area (TPSA) is 72.2 Å². The predicted molar refractivity (Wildman–Crippen MR) is 135 cm³/mol. The van der Waals surface area contributed by atoms with E-state index in [1.54, 1.807) is 6.21 Å². The third-order valence-corrected chi connectivity index (χ3v) is 6.34. The number of benzene rings is 3. The van der Waals surface area contributed by atoms with Crippen molar-refractivity contribution in [3.8, 4) is 17.1 Å². The van der Waals surface area contributed by atoms with Crippen LogP contribution in [0, 0.1) is 0 Å². The van der Waals surface area contributed by atoms with Crippen LogP contribution in [0.15, 0.2) is 98.1 Å². The second-order valence-electron chi connectivity index (χ2n) is 6.62. The minimum atomic E-state index is -0.226. The van der Waals surface area contributed by atoms with Crippen molar-refractivity contribution in [2.75, 3.05) is 5.75 Å². The van der Waals surface area contributed by atoms with E-state index in [4.69, 9.17) is 0 Å². The Hall–Kier alpha value is -2.75. The number of nitrogens with one attached hydrogen (secondary N) is 1. The van der Waals surface area contributed by atoms with Crippen molar-refractivity contribution in [2.24, 2.45) is 5.10 Å². The van der Waals surface area contributed by atoms with Crippen molar-refractivity contribution in [3.05, 3.63) is 93.4 Å². The fourth-order valence-electron chi connectivity index (χ4n) is 2.85. The van der Waals surface area contributed by atoms with Gasteiger partial charge >= 0.3 is 0 Å². The molecule has 0 aliphatic rings. The molecule has 1 amide bonds. The van der Waals surface area contributed by atoms with Crippen molar-refractivity contribution in [3.63, 3.8) is 0 Å². The Bertz CT molecular complexity index is 1230. The van der Waals surface area contributed by atoms with Gasteiger partial charge in [-0.05, 0) is 42.0 Å². The van der Waals surface area contributed by atoms with Gasteiger partial charge in [-0.3, -0.25) is 9.36 Å². The number of hydrogen-bond donors (Lipinski definition) is 1. The standard InChI is InChI=1S/C23H17Br2N5OS/c24-18-10-6-16(7-11-18)14-26-27-21(31)15-32-23-29-28-22(17-8-12-19(25)13-9-17)30(23)20-4-2-1-3-5-20/h1-14H,15H2,(H,27,31)/b26-14+. The molecule has 0 aliphatic heterocycles. The number of hydrazone groups is 1. The molecule has 1 heterocycles. The number of thioether (sulfide) groups is 1. The van der Waals surface area contributed by atoms with E-state index in [1.165, 1.54) is 11.8 Å². The van der Waals surface area contributed by atoms with E-state index in [9.17, 15) is 4.79 Å². The number of hydrogen-bond acceptors (Lipinski definition) is 5. The number of carbonyl (C=O) groups excluding carboxylic acids is 1. The molecule has 0 bridgehead atoms. The highest BCUT2D eigenvalue weighted by molar-refractivity contribution is 9.10. The van der Waals surface area contributed by atoms with Gasteiger partial charge in [0, 0.05) is 20.2 Å². The lowest BCUT2D eigenvalue weighted by atomic mass is 10.2. The Morgan fingerprint density at radius 2 is 1.59 bits per heavy atom. The molecule has 1 N–H and O–H groups in total. The van der Waals surface area contributed by atoms with Crippen LogP contribution in [-0.2, 0) is 4.79 Å². The summed E-state index contributed by atoms with van der Waals surface area (Å²) in [7, 11) is 0. The zero-order valence-electron chi connectivity index (χ0n) is 16.7. The summed E-state index contributed by atoms with van der Waals surface area (Å²) < 4.78 is 3.92. The number of carbonyl (C=O) groups is 1. The number of amides is 1. The average molecular weight is 571 g/mol. The van der Waals surface area contributed by atoms with Gasteiger partial charge in [0.25, 0.3) is 5.91 Å². The lowest BCUT2D eigenvalue weighted by Gasteiger charge is -2.10. The lowest BCUT2D eigenvalue weighted by molar-refractivity contribution is -0.118. The zero-order chi connectivity index (χ0) is 22.3. The van der Waals surface area contributed by atoms with Gasteiger partial charge in [0.15, 0.2) is 11.0 Å². The first-order valence-electron chi connectivity index (χ1n) is 9.57. The van der Waals surface area contributed by atoms with Crippen LogP contribution in [0.4, 0.5) is 0 Å². The van der Waals surface area contributed by atoms with Crippen LogP contribution in [0.1, 0.15) is 5.56 Å². The zero-order valence-corrected chi connectivity index (χ0v) is 20.6. The van der Waals surface area contributed by atoms with E-state index >= 15 is 0 Å². The molecule has 6 nitrogen and oxygen atoms in total. The molecule has 160 valence electrons. The molecule has 4 aromatic rings. The Morgan fingerprint density at radius 1 is 0.938 bits per heavy atom. The van der Waals surface area contributed by atoms with Crippen LogP contribution >= 0.6 is 43.6 Å². The fourth-order valence-corrected chi connectivity index (χ4v) is 4.12. The van der Waals surface area contributed by atoms with Crippen LogP contribution < -0.4 is 5.43 Å². The minimum absolute atomic E-state index is 0.156. The molecule has 0 saturated heterocycles. The highest BCUT2D eigenvalue weighted by Gasteiger charge is 2.17. The second kappa shape index (κ2) is 10.7. The third kappa shape index (κ3) is 5.73. The second-order valence-corrected chi connectivity index (χ2v) is 9.39. The normalized spacial score (nSPS) is 11.1. The number of nitrogens with zero attached hydrogens (tertiary/aromatic N) is 4. The smallest absolute Gasteiger partial charge is 0.250 e. The van der Waals surface area contributed by atoms with Crippen molar-refractivity contribution in [2.45, 2.75) is 5.16 Å². The fraction of sp³-hybridized carbons (Fsp3) is 0.0435. The Kier molecular flexibility index (Phi) is 7.51. The maximum absolute atomic E-state index is 12.3. The van der Waals surface area contributed by atoms with Crippen molar-refractivity contribution in [1.29, 1.82) is 0 Å². The molecule has 9 heteroatoms. The van der Waals surface area contributed by atoms with Gasteiger partial charge in [-0.25, -0.2) is 5.43 Å². The van der Waals surface area contributed by atoms with Gasteiger partial charge in [-0.15, -0.1) is 10.2 Å². The van der Waals surface area contributed by atoms with Gasteiger partial charge in [0.2, 0.25) is 0 Å². The monoisotopic (exact) mass is 569 g/mol. The molecule has 0 atom stereocenters. The molecule has 32 heavy (non-hydrogen) atoms. The molecule has 0 unspecified atom stereocenters. The molecule has 0 saturated carbocycles. The number of aromatic nitrogens is 3. The number of halogens is 2. The first-order chi connectivity index (χ1) is 15.6. The van der Waals surface area contributed by atoms with Crippen molar-refractivity contribution >= 4 is 55.7 Å². The highest BCUT2D eigenvalue weighted by atomic mass is 79.9. The maximum Gasteiger partial charge on any atom is 0.250 e. The molecule has 0 aliphatic carbocycles. The summed E-state index contributed by atoms with van der Waals surface area (Å²) in [6.07, 6.45) is 1.60. The molecule has 0 spiro atoms. The van der Waals surface area contributed by atoms with E-state index in [1.807, 2.05) is 83.4 Å². The summed E-state index contributed by atoms with van der Waals surface area (Å²) >= 11 is 8.16. The summed E-state index contributed by atoms with van der Waals surface area (Å²) in [6, 6.07) is 25.4. The van der Waals surface area contributed by atoms with E-state index in [0.29, 0.717) is 11.0 Å². The molecular weight excluding hydrogens is 554 g/mol. The summed E-state index contributed by atoms with van der Waals surface area (Å²) in [5, 5.41) is 13.4. The van der Waals surface area contributed by atoms with Crippen LogP contribution in [0.2, 0.25) is 0 Å². The molecule has 0 fully saturated rings. The van der Waals surface area contributed by atoms with Crippen LogP contribution in [-0.4, -0.2) is 32.6 Å². The molecule has 0 radical (unpaired) electrons. The predicted octanol–water partition coefficient (Wildman–Crippen LogP) is 5.70. The van der Waals surface area contributed by atoms with Gasteiger partial charge in [-0.1, -0.05) is 86.1 Å². The first-order valence-corrected chi connectivity index (χ1v) is 12.1. The molecular formula is C23H17Br2N5OS. The minimum Gasteiger partial charge on any atom is -0.272 e. The van der Waals surface area contributed by atoms with E-state index in [0.717, 1.165) is 25.8 Å². The van der Waals surface area contributed by atoms with Gasteiger partial charge in [0.05, 0.1) is 12.0 Å². The quantitative estimate of drug-likeness (QED) is 0.176.